The highest BCUT2D eigenvalue weighted by Crippen LogP contribution is 2.46. The van der Waals surface area contributed by atoms with E-state index in [0.29, 0.717) is 18.5 Å². The molecule has 2 saturated heterocycles. The lowest BCUT2D eigenvalue weighted by atomic mass is 9.95. The molecule has 16 heteroatoms. The van der Waals surface area contributed by atoms with Crippen molar-refractivity contribution in [3.63, 3.8) is 0 Å². The van der Waals surface area contributed by atoms with E-state index in [1.54, 1.807) is 18.3 Å². The number of alkyl halides is 4. The van der Waals surface area contributed by atoms with Crippen LogP contribution in [0.4, 0.5) is 39.4 Å². The van der Waals surface area contributed by atoms with E-state index in [2.05, 4.69) is 24.8 Å². The van der Waals surface area contributed by atoms with Gasteiger partial charge < -0.3 is 25.8 Å². The number of fused-ring (bicyclic) bond motifs is 1. The van der Waals surface area contributed by atoms with Crippen LogP contribution in [0.25, 0.3) is 22.2 Å². The molecule has 0 radical (unpaired) electrons. The normalized spacial score (nSPS) is 21.9. The van der Waals surface area contributed by atoms with Gasteiger partial charge in [-0.15, -0.1) is 0 Å². The number of halogens is 5. The molecule has 248 valence electrons. The number of nitrogens with two attached hydrogens (primary N) is 2. The summed E-state index contributed by atoms with van der Waals surface area (Å²) in [6.07, 6.45) is -2.49. The van der Waals surface area contributed by atoms with Gasteiger partial charge >= 0.3 is 12.2 Å². The largest absolute Gasteiger partial charge is 0.475 e. The third-order valence-corrected chi connectivity index (χ3v) is 9.33. The van der Waals surface area contributed by atoms with Gasteiger partial charge in [0, 0.05) is 30.3 Å². The highest BCUT2D eigenvalue weighted by molar-refractivity contribution is 5.97. The average Bonchev–Trinajstić information content (AvgIpc) is 3.46. The van der Waals surface area contributed by atoms with E-state index in [0.717, 1.165) is 26.0 Å². The van der Waals surface area contributed by atoms with Gasteiger partial charge in [0.1, 0.15) is 53.4 Å². The van der Waals surface area contributed by atoms with Crippen molar-refractivity contribution in [3.8, 4) is 23.1 Å². The highest BCUT2D eigenvalue weighted by Gasteiger charge is 2.49. The lowest BCUT2D eigenvalue weighted by molar-refractivity contribution is -0.137. The number of hydrogen-bond acceptors (Lipinski definition) is 11. The number of pyridine rings is 3. The van der Waals surface area contributed by atoms with E-state index in [-0.39, 0.29) is 66.4 Å². The van der Waals surface area contributed by atoms with Crippen LogP contribution in [-0.2, 0) is 6.18 Å². The first-order chi connectivity index (χ1) is 22.4. The maximum Gasteiger partial charge on any atom is 0.418 e. The summed E-state index contributed by atoms with van der Waals surface area (Å²) in [4.78, 5) is 25.2. The quantitative estimate of drug-likeness (QED) is 0.270. The molecule has 7 rings (SSSR count). The fourth-order valence-corrected chi connectivity index (χ4v) is 7.22. The molecule has 0 spiro atoms. The van der Waals surface area contributed by atoms with Crippen molar-refractivity contribution in [3.05, 3.63) is 47.0 Å². The van der Waals surface area contributed by atoms with Gasteiger partial charge in [-0.2, -0.15) is 23.1 Å². The summed E-state index contributed by atoms with van der Waals surface area (Å²) in [5.41, 5.74) is 8.88. The zero-order chi connectivity index (χ0) is 33.2. The number of rotatable bonds is 6. The second kappa shape index (κ2) is 11.3. The fraction of sp³-hybridized carbons (Fsp3) is 0.452. The molecule has 0 saturated carbocycles. The molecule has 2 fully saturated rings. The Morgan fingerprint density at radius 2 is 1.98 bits per heavy atom. The maximum atomic E-state index is 16.7. The van der Waals surface area contributed by atoms with Gasteiger partial charge in [0.05, 0.1) is 29.4 Å². The van der Waals surface area contributed by atoms with E-state index >= 15 is 4.39 Å². The van der Waals surface area contributed by atoms with Crippen LogP contribution in [0.3, 0.4) is 0 Å². The number of aryl methyl sites for hydroxylation is 1. The summed E-state index contributed by atoms with van der Waals surface area (Å²) in [6.45, 7) is 4.30. The third-order valence-electron chi connectivity index (χ3n) is 9.33. The number of nitrogen functional groups attached to an aromatic ring is 2. The summed E-state index contributed by atoms with van der Waals surface area (Å²) in [5.74, 6) is -1.10. The molecule has 4 N–H and O–H groups in total. The summed E-state index contributed by atoms with van der Waals surface area (Å²) < 4.78 is 86.3. The first kappa shape index (κ1) is 31.0. The summed E-state index contributed by atoms with van der Waals surface area (Å²) >= 11 is 0. The molecule has 4 aromatic heterocycles. The molecule has 3 aliphatic heterocycles. The minimum absolute atomic E-state index is 0.0177. The second-order valence-electron chi connectivity index (χ2n) is 12.2. The maximum absolute atomic E-state index is 16.7. The first-order valence-corrected chi connectivity index (χ1v) is 15.2. The Labute approximate surface area is 266 Å². The number of anilines is 3. The van der Waals surface area contributed by atoms with Crippen LogP contribution in [0.2, 0.25) is 0 Å². The molecule has 0 aliphatic carbocycles. The number of nitrogens with zero attached hydrogens (tertiary/aromatic N) is 7. The van der Waals surface area contributed by atoms with Crippen LogP contribution in [0.15, 0.2) is 24.4 Å². The Bertz CT molecular complexity index is 1880. The topological polar surface area (TPSA) is 141 Å². The predicted octanol–water partition coefficient (Wildman–Crippen LogP) is 5.03. The van der Waals surface area contributed by atoms with Gasteiger partial charge in [-0.25, -0.2) is 23.7 Å². The zero-order valence-electron chi connectivity index (χ0n) is 25.6. The molecule has 47 heavy (non-hydrogen) atoms. The average molecular weight is 658 g/mol. The molecule has 7 heterocycles. The van der Waals surface area contributed by atoms with Crippen LogP contribution < -0.4 is 25.8 Å². The lowest BCUT2D eigenvalue weighted by Gasteiger charge is -2.32. The van der Waals surface area contributed by atoms with E-state index < -0.39 is 52.3 Å². The van der Waals surface area contributed by atoms with Crippen LogP contribution in [-0.4, -0.2) is 74.4 Å². The Kier molecular flexibility index (Phi) is 7.44. The van der Waals surface area contributed by atoms with Gasteiger partial charge in [-0.1, -0.05) is 6.07 Å². The summed E-state index contributed by atoms with van der Waals surface area (Å²) in [5, 5.41) is 0.0445. The number of ether oxygens (including phenoxy) is 2. The van der Waals surface area contributed by atoms with Crippen molar-refractivity contribution in [2.75, 3.05) is 49.2 Å². The fourth-order valence-electron chi connectivity index (χ4n) is 7.22. The number of aromatic nitrogens is 5. The highest BCUT2D eigenvalue weighted by atomic mass is 19.4. The Morgan fingerprint density at radius 3 is 2.74 bits per heavy atom. The minimum atomic E-state index is -4.90. The van der Waals surface area contributed by atoms with Gasteiger partial charge in [-0.05, 0) is 45.4 Å². The predicted molar refractivity (Wildman–Crippen MR) is 163 cm³/mol. The molecule has 3 atom stereocenters. The van der Waals surface area contributed by atoms with Crippen molar-refractivity contribution < 1.29 is 31.4 Å². The van der Waals surface area contributed by atoms with E-state index in [9.17, 15) is 17.6 Å². The molecular formula is C31H32F5N9O2. The van der Waals surface area contributed by atoms with Crippen molar-refractivity contribution >= 4 is 28.4 Å². The van der Waals surface area contributed by atoms with Crippen LogP contribution in [0.5, 0.6) is 11.9 Å². The molecule has 3 aliphatic rings. The molecule has 4 aromatic rings. The van der Waals surface area contributed by atoms with Gasteiger partial charge in [-0.3, -0.25) is 4.90 Å². The molecule has 0 unspecified atom stereocenters. The van der Waals surface area contributed by atoms with Crippen LogP contribution in [0.1, 0.15) is 49.0 Å². The summed E-state index contributed by atoms with van der Waals surface area (Å²) in [7, 11) is 0. The Hall–Kier alpha value is -4.60. The smallest absolute Gasteiger partial charge is 0.418 e. The SMILES string of the molecule is Cc1nc(N)cc(-c2nc3c4c(nc(OC[C@@]56CCCN5C[C@H](F)C6)nc4c2F)N([C@H](C)c2cccnc2N)CCO3)c1C(F)(F)F. The Balaban J connectivity index is 1.43. The van der Waals surface area contributed by atoms with Crippen molar-refractivity contribution in [1.29, 1.82) is 0 Å². The Morgan fingerprint density at radius 1 is 1.17 bits per heavy atom. The lowest BCUT2D eigenvalue weighted by Crippen LogP contribution is -2.43. The molecule has 0 aromatic carbocycles. The first-order valence-electron chi connectivity index (χ1n) is 15.2. The van der Waals surface area contributed by atoms with Crippen molar-refractivity contribution in [1.82, 2.24) is 29.8 Å². The molecule has 0 bridgehead atoms. The van der Waals surface area contributed by atoms with Gasteiger partial charge in [0.2, 0.25) is 5.88 Å². The van der Waals surface area contributed by atoms with E-state index in [1.807, 2.05) is 11.8 Å². The zero-order valence-corrected chi connectivity index (χ0v) is 25.6. The molecular weight excluding hydrogens is 625 g/mol. The molecule has 0 amide bonds. The van der Waals surface area contributed by atoms with E-state index in [4.69, 9.17) is 25.9 Å². The van der Waals surface area contributed by atoms with Crippen LogP contribution >= 0.6 is 0 Å². The van der Waals surface area contributed by atoms with Crippen LogP contribution in [0, 0.1) is 12.7 Å². The van der Waals surface area contributed by atoms with E-state index in [1.165, 1.54) is 0 Å². The third kappa shape index (κ3) is 5.27. The monoisotopic (exact) mass is 657 g/mol. The van der Waals surface area contributed by atoms with Gasteiger partial charge in [0.25, 0.3) is 0 Å². The second-order valence-corrected chi connectivity index (χ2v) is 12.2. The minimum Gasteiger partial charge on any atom is -0.475 e. The number of hydrogen-bond donors (Lipinski definition) is 2. The molecule has 11 nitrogen and oxygen atoms in total. The van der Waals surface area contributed by atoms with Gasteiger partial charge in [0.15, 0.2) is 5.82 Å². The van der Waals surface area contributed by atoms with Crippen molar-refractivity contribution in [2.24, 2.45) is 0 Å². The van der Waals surface area contributed by atoms with Crippen molar-refractivity contribution in [2.45, 2.75) is 57.0 Å². The standard InChI is InChI=1S/C31H32F5N9O2/c1-15-22(31(34,35)36)19(11-20(37)40-15)24-23(33)25-21-27(43-29(42-25)47-14-30-6-4-8-44(30)13-17(32)12-30)45(9-10-46-28(21)41-24)16(2)18-5-3-7-39-26(18)38/h3,5,7,11,16-17H,4,6,8-10,12-14H2,1-2H3,(H2,37,40)(H2,38,39)/t16-,17-,30+/m1/s1. The summed E-state index contributed by atoms with van der Waals surface area (Å²) in [6, 6.07) is 3.77.